The van der Waals surface area contributed by atoms with Gasteiger partial charge in [-0.15, -0.1) is 0 Å². The first kappa shape index (κ1) is 14.2. The average molecular weight is 305 g/mol. The molecule has 0 unspecified atom stereocenters. The SMILES string of the molecule is Oc1cncc2cc(Oc3ccc(C(F)(F)F)cc3)ccc12. The number of halogens is 3. The molecule has 3 nitrogen and oxygen atoms in total. The van der Waals surface area contributed by atoms with Gasteiger partial charge >= 0.3 is 6.18 Å². The van der Waals surface area contributed by atoms with Gasteiger partial charge in [-0.25, -0.2) is 0 Å². The second kappa shape index (κ2) is 5.22. The normalized spacial score (nSPS) is 11.6. The van der Waals surface area contributed by atoms with Crippen molar-refractivity contribution in [2.24, 2.45) is 0 Å². The maximum absolute atomic E-state index is 12.5. The van der Waals surface area contributed by atoms with E-state index in [1.165, 1.54) is 18.3 Å². The third-order valence-corrected chi connectivity index (χ3v) is 3.13. The Morgan fingerprint density at radius 2 is 1.59 bits per heavy atom. The van der Waals surface area contributed by atoms with Crippen molar-refractivity contribution in [2.75, 3.05) is 0 Å². The topological polar surface area (TPSA) is 42.4 Å². The molecule has 0 spiro atoms. The van der Waals surface area contributed by atoms with E-state index >= 15 is 0 Å². The van der Waals surface area contributed by atoms with Crippen LogP contribution < -0.4 is 4.74 Å². The quantitative estimate of drug-likeness (QED) is 0.743. The molecule has 0 fully saturated rings. The van der Waals surface area contributed by atoms with Crippen LogP contribution in [0.25, 0.3) is 10.8 Å². The van der Waals surface area contributed by atoms with Crippen LogP contribution in [0, 0.1) is 0 Å². The minimum atomic E-state index is -4.37. The first-order chi connectivity index (χ1) is 10.4. The molecule has 0 bridgehead atoms. The highest BCUT2D eigenvalue weighted by Crippen LogP contribution is 2.32. The fraction of sp³-hybridized carbons (Fsp3) is 0.0625. The molecule has 112 valence electrons. The van der Waals surface area contributed by atoms with E-state index in [0.29, 0.717) is 22.3 Å². The van der Waals surface area contributed by atoms with E-state index in [1.807, 2.05) is 0 Å². The number of alkyl halides is 3. The minimum Gasteiger partial charge on any atom is -0.506 e. The van der Waals surface area contributed by atoms with Crippen molar-refractivity contribution >= 4 is 10.8 Å². The lowest BCUT2D eigenvalue weighted by Gasteiger charge is -2.09. The van der Waals surface area contributed by atoms with Crippen LogP contribution >= 0.6 is 0 Å². The maximum atomic E-state index is 12.5. The zero-order valence-electron chi connectivity index (χ0n) is 11.1. The lowest BCUT2D eigenvalue weighted by Crippen LogP contribution is -2.03. The molecule has 3 rings (SSSR count). The van der Waals surface area contributed by atoms with E-state index in [9.17, 15) is 18.3 Å². The van der Waals surface area contributed by atoms with Crippen molar-refractivity contribution in [3.05, 3.63) is 60.4 Å². The smallest absolute Gasteiger partial charge is 0.416 e. The van der Waals surface area contributed by atoms with Crippen molar-refractivity contribution < 1.29 is 23.0 Å². The van der Waals surface area contributed by atoms with Crippen molar-refractivity contribution in [1.82, 2.24) is 4.98 Å². The highest BCUT2D eigenvalue weighted by Gasteiger charge is 2.30. The fourth-order valence-electron chi connectivity index (χ4n) is 2.05. The summed E-state index contributed by atoms with van der Waals surface area (Å²) >= 11 is 0. The molecule has 2 aromatic carbocycles. The number of ether oxygens (including phenoxy) is 1. The molecule has 3 aromatic rings. The fourth-order valence-corrected chi connectivity index (χ4v) is 2.05. The number of aromatic nitrogens is 1. The number of benzene rings is 2. The van der Waals surface area contributed by atoms with Crippen molar-refractivity contribution in [1.29, 1.82) is 0 Å². The number of rotatable bonds is 2. The summed E-state index contributed by atoms with van der Waals surface area (Å²) in [5, 5.41) is 10.9. The summed E-state index contributed by atoms with van der Waals surface area (Å²) in [4.78, 5) is 3.87. The lowest BCUT2D eigenvalue weighted by molar-refractivity contribution is -0.137. The van der Waals surface area contributed by atoms with Gasteiger partial charge in [-0.2, -0.15) is 13.2 Å². The predicted molar refractivity (Wildman–Crippen MR) is 74.9 cm³/mol. The molecule has 6 heteroatoms. The molecule has 0 saturated heterocycles. The van der Waals surface area contributed by atoms with E-state index in [4.69, 9.17) is 4.74 Å². The Balaban J connectivity index is 1.87. The summed E-state index contributed by atoms with van der Waals surface area (Å²) in [7, 11) is 0. The monoisotopic (exact) mass is 305 g/mol. The number of hydrogen-bond acceptors (Lipinski definition) is 3. The largest absolute Gasteiger partial charge is 0.506 e. The molecule has 1 N–H and O–H groups in total. The zero-order valence-corrected chi connectivity index (χ0v) is 11.1. The number of nitrogens with zero attached hydrogens (tertiary/aromatic N) is 1. The summed E-state index contributed by atoms with van der Waals surface area (Å²) in [6.07, 6.45) is -1.47. The van der Waals surface area contributed by atoms with Crippen LogP contribution in [0.4, 0.5) is 13.2 Å². The maximum Gasteiger partial charge on any atom is 0.416 e. The molecule has 0 saturated carbocycles. The second-order valence-corrected chi connectivity index (χ2v) is 4.67. The van der Waals surface area contributed by atoms with Gasteiger partial charge in [0.15, 0.2) is 0 Å². The summed E-state index contributed by atoms with van der Waals surface area (Å²) in [6.45, 7) is 0. The predicted octanol–water partition coefficient (Wildman–Crippen LogP) is 4.75. The second-order valence-electron chi connectivity index (χ2n) is 4.67. The van der Waals surface area contributed by atoms with Crippen LogP contribution in [0.15, 0.2) is 54.9 Å². The van der Waals surface area contributed by atoms with Crippen molar-refractivity contribution in [2.45, 2.75) is 6.18 Å². The molecule has 0 amide bonds. The highest BCUT2D eigenvalue weighted by molar-refractivity contribution is 5.88. The van der Waals surface area contributed by atoms with Crippen LogP contribution in [0.3, 0.4) is 0 Å². The highest BCUT2D eigenvalue weighted by atomic mass is 19.4. The van der Waals surface area contributed by atoms with Gasteiger partial charge in [0, 0.05) is 17.0 Å². The van der Waals surface area contributed by atoms with Gasteiger partial charge in [0.2, 0.25) is 0 Å². The third-order valence-electron chi connectivity index (χ3n) is 3.13. The van der Waals surface area contributed by atoms with Gasteiger partial charge < -0.3 is 9.84 Å². The molecule has 0 aliphatic carbocycles. The molecule has 0 atom stereocenters. The minimum absolute atomic E-state index is 0.0542. The first-order valence-corrected chi connectivity index (χ1v) is 6.35. The lowest BCUT2D eigenvalue weighted by atomic mass is 10.1. The van der Waals surface area contributed by atoms with E-state index in [0.717, 1.165) is 12.1 Å². The van der Waals surface area contributed by atoms with Gasteiger partial charge in [0.25, 0.3) is 0 Å². The van der Waals surface area contributed by atoms with Gasteiger partial charge in [0.1, 0.15) is 17.2 Å². The van der Waals surface area contributed by atoms with Gasteiger partial charge in [0.05, 0.1) is 11.8 Å². The van der Waals surface area contributed by atoms with E-state index < -0.39 is 11.7 Å². The summed E-state index contributed by atoms with van der Waals surface area (Å²) < 4.78 is 43.0. The Labute approximate surface area is 123 Å². The molecule has 0 aliphatic rings. The van der Waals surface area contributed by atoms with Crippen LogP contribution in [-0.4, -0.2) is 10.1 Å². The Bertz CT molecular complexity index is 814. The van der Waals surface area contributed by atoms with Crippen molar-refractivity contribution in [3.63, 3.8) is 0 Å². The summed E-state index contributed by atoms with van der Waals surface area (Å²) in [6, 6.07) is 9.38. The van der Waals surface area contributed by atoms with Gasteiger partial charge in [-0.05, 0) is 42.5 Å². The first-order valence-electron chi connectivity index (χ1n) is 6.35. The van der Waals surface area contributed by atoms with Gasteiger partial charge in [-0.1, -0.05) is 0 Å². The molecule has 22 heavy (non-hydrogen) atoms. The van der Waals surface area contributed by atoms with Crippen LogP contribution in [-0.2, 0) is 6.18 Å². The van der Waals surface area contributed by atoms with E-state index in [-0.39, 0.29) is 5.75 Å². The zero-order chi connectivity index (χ0) is 15.7. The molecular weight excluding hydrogens is 295 g/mol. The Morgan fingerprint density at radius 3 is 2.27 bits per heavy atom. The average Bonchev–Trinajstić information content (AvgIpc) is 2.47. The number of aromatic hydroxyl groups is 1. The van der Waals surface area contributed by atoms with Crippen LogP contribution in [0.5, 0.6) is 17.2 Å². The molecular formula is C16H10F3NO2. The summed E-state index contributed by atoms with van der Waals surface area (Å²) in [5.41, 5.74) is -0.729. The summed E-state index contributed by atoms with van der Waals surface area (Å²) in [5.74, 6) is 0.790. The number of pyridine rings is 1. The molecule has 1 aromatic heterocycles. The number of hydrogen-bond donors (Lipinski definition) is 1. The Morgan fingerprint density at radius 1 is 0.909 bits per heavy atom. The standard InChI is InChI=1S/C16H10F3NO2/c17-16(18,19)11-1-3-12(4-2-11)22-13-5-6-14-10(7-13)8-20-9-15(14)21/h1-9,21H. The van der Waals surface area contributed by atoms with Crippen LogP contribution in [0.1, 0.15) is 5.56 Å². The van der Waals surface area contributed by atoms with E-state index in [1.54, 1.807) is 24.4 Å². The third kappa shape index (κ3) is 2.81. The Hall–Kier alpha value is -2.76. The molecule has 0 radical (unpaired) electrons. The van der Waals surface area contributed by atoms with Gasteiger partial charge in [-0.3, -0.25) is 4.98 Å². The van der Waals surface area contributed by atoms with Crippen molar-refractivity contribution in [3.8, 4) is 17.2 Å². The number of fused-ring (bicyclic) bond motifs is 1. The Kier molecular flexibility index (Phi) is 3.36. The van der Waals surface area contributed by atoms with E-state index in [2.05, 4.69) is 4.98 Å². The molecule has 0 aliphatic heterocycles. The van der Waals surface area contributed by atoms with Crippen LogP contribution in [0.2, 0.25) is 0 Å². The molecule has 1 heterocycles.